The summed E-state index contributed by atoms with van der Waals surface area (Å²) in [5.41, 5.74) is 1.10. The molecule has 2 aromatic rings. The van der Waals surface area contributed by atoms with E-state index in [-0.39, 0.29) is 16.3 Å². The molecule has 0 aromatic heterocycles. The molecule has 0 saturated heterocycles. The van der Waals surface area contributed by atoms with E-state index in [1.54, 1.807) is 42.1 Å². The standard InChI is InChI=1S/C25H28N2O3S2/c28-24(26-25-14-17-10-18(15-25)12-19(11-17)16-25)20-6-7-23-22(13-20)27(8-9-31-23)32(29,30)21-4-2-1-3-5-21/h1-7,13,17-19H,8-12,14-16H2,(H,26,28). The Kier molecular flexibility index (Phi) is 4.84. The first-order valence-electron chi connectivity index (χ1n) is 11.6. The highest BCUT2D eigenvalue weighted by atomic mass is 32.2. The normalized spacial score (nSPS) is 30.8. The van der Waals surface area contributed by atoms with Gasteiger partial charge in [-0.05, 0) is 86.6 Å². The van der Waals surface area contributed by atoms with Gasteiger partial charge in [0.05, 0.1) is 10.6 Å². The van der Waals surface area contributed by atoms with E-state index in [1.165, 1.54) is 23.6 Å². The summed E-state index contributed by atoms with van der Waals surface area (Å²) >= 11 is 1.64. The molecule has 1 heterocycles. The Morgan fingerprint density at radius 2 is 1.62 bits per heavy atom. The zero-order chi connectivity index (χ0) is 21.9. The molecule has 4 fully saturated rings. The number of fused-ring (bicyclic) bond motifs is 1. The molecule has 0 atom stereocenters. The number of sulfonamides is 1. The second-order valence-corrected chi connectivity index (χ2v) is 13.1. The van der Waals surface area contributed by atoms with Crippen LogP contribution in [0.2, 0.25) is 0 Å². The first-order chi connectivity index (χ1) is 15.4. The van der Waals surface area contributed by atoms with Crippen LogP contribution in [0.5, 0.6) is 0 Å². The van der Waals surface area contributed by atoms with Crippen molar-refractivity contribution in [2.24, 2.45) is 17.8 Å². The van der Waals surface area contributed by atoms with Crippen LogP contribution in [0.4, 0.5) is 5.69 Å². The summed E-state index contributed by atoms with van der Waals surface area (Å²) < 4.78 is 28.2. The molecule has 2 aromatic carbocycles. The van der Waals surface area contributed by atoms with Crippen molar-refractivity contribution in [3.05, 3.63) is 54.1 Å². The highest BCUT2D eigenvalue weighted by Crippen LogP contribution is 2.55. The van der Waals surface area contributed by atoms with Gasteiger partial charge in [-0.15, -0.1) is 11.8 Å². The van der Waals surface area contributed by atoms with Crippen LogP contribution in [-0.2, 0) is 10.0 Å². The van der Waals surface area contributed by atoms with E-state index in [0.717, 1.165) is 41.9 Å². The lowest BCUT2D eigenvalue weighted by molar-refractivity contribution is -0.0167. The maximum Gasteiger partial charge on any atom is 0.264 e. The molecule has 0 spiro atoms. The van der Waals surface area contributed by atoms with Gasteiger partial charge in [0.1, 0.15) is 0 Å². The monoisotopic (exact) mass is 468 g/mol. The van der Waals surface area contributed by atoms with Crippen LogP contribution in [0.25, 0.3) is 0 Å². The minimum atomic E-state index is -3.67. The Labute approximate surface area is 194 Å². The van der Waals surface area contributed by atoms with E-state index < -0.39 is 10.0 Å². The SMILES string of the molecule is O=C(NC12CC3CC(CC(C3)C1)C2)c1ccc2c(c1)N(S(=O)(=O)c1ccccc1)CCS2. The smallest absolute Gasteiger partial charge is 0.264 e. The number of amides is 1. The molecule has 0 unspecified atom stereocenters. The van der Waals surface area contributed by atoms with Crippen LogP contribution in [0.1, 0.15) is 48.9 Å². The number of nitrogens with zero attached hydrogens (tertiary/aromatic N) is 1. The number of nitrogens with one attached hydrogen (secondary N) is 1. The fraction of sp³-hybridized carbons (Fsp3) is 0.480. The van der Waals surface area contributed by atoms with Crippen molar-refractivity contribution in [1.29, 1.82) is 0 Å². The predicted molar refractivity (Wildman–Crippen MR) is 127 cm³/mol. The van der Waals surface area contributed by atoms with E-state index in [9.17, 15) is 13.2 Å². The van der Waals surface area contributed by atoms with Crippen LogP contribution >= 0.6 is 11.8 Å². The molecular weight excluding hydrogens is 440 g/mol. The summed E-state index contributed by atoms with van der Waals surface area (Å²) in [7, 11) is -3.67. The molecule has 7 heteroatoms. The Morgan fingerprint density at radius 1 is 0.969 bits per heavy atom. The average Bonchev–Trinajstić information content (AvgIpc) is 2.77. The number of hydrogen-bond acceptors (Lipinski definition) is 4. The first kappa shape index (κ1) is 20.6. The van der Waals surface area contributed by atoms with E-state index >= 15 is 0 Å². The van der Waals surface area contributed by atoms with Crippen LogP contribution in [0.3, 0.4) is 0 Å². The lowest BCUT2D eigenvalue weighted by atomic mass is 9.53. The average molecular weight is 469 g/mol. The third kappa shape index (κ3) is 3.45. The summed E-state index contributed by atoms with van der Waals surface area (Å²) in [6.07, 6.45) is 7.28. The van der Waals surface area contributed by atoms with Crippen molar-refractivity contribution in [2.75, 3.05) is 16.6 Å². The molecule has 5 nitrogen and oxygen atoms in total. The molecule has 7 rings (SSSR count). The molecule has 1 amide bonds. The molecule has 5 aliphatic rings. The number of anilines is 1. The zero-order valence-corrected chi connectivity index (χ0v) is 19.6. The molecule has 4 bridgehead atoms. The molecule has 4 saturated carbocycles. The third-order valence-corrected chi connectivity index (χ3v) is 10.7. The van der Waals surface area contributed by atoms with Gasteiger partial charge in [-0.25, -0.2) is 8.42 Å². The van der Waals surface area contributed by atoms with Crippen LogP contribution in [0, 0.1) is 17.8 Å². The lowest BCUT2D eigenvalue weighted by Crippen LogP contribution is -2.59. The Balaban J connectivity index is 1.30. The minimum absolute atomic E-state index is 0.0632. The third-order valence-electron chi connectivity index (χ3n) is 7.79. The van der Waals surface area contributed by atoms with Crippen molar-refractivity contribution in [3.8, 4) is 0 Å². The number of carbonyl (C=O) groups is 1. The van der Waals surface area contributed by atoms with Crippen molar-refractivity contribution in [2.45, 2.75) is 53.9 Å². The van der Waals surface area contributed by atoms with Gasteiger partial charge < -0.3 is 5.32 Å². The van der Waals surface area contributed by atoms with Crippen molar-refractivity contribution < 1.29 is 13.2 Å². The number of benzene rings is 2. The Morgan fingerprint density at radius 3 is 2.28 bits per heavy atom. The van der Waals surface area contributed by atoms with Crippen molar-refractivity contribution >= 4 is 33.4 Å². The molecule has 1 aliphatic heterocycles. The summed E-state index contributed by atoms with van der Waals surface area (Å²) in [6, 6.07) is 14.1. The topological polar surface area (TPSA) is 66.5 Å². The Bertz CT molecular complexity index is 1130. The van der Waals surface area contributed by atoms with Crippen molar-refractivity contribution in [1.82, 2.24) is 5.32 Å². The van der Waals surface area contributed by atoms with Crippen molar-refractivity contribution in [3.63, 3.8) is 0 Å². The van der Waals surface area contributed by atoms with E-state index in [2.05, 4.69) is 5.32 Å². The van der Waals surface area contributed by atoms with Gasteiger partial charge in [0.15, 0.2) is 0 Å². The predicted octanol–water partition coefficient (Wildman–Crippen LogP) is 4.69. The zero-order valence-electron chi connectivity index (χ0n) is 18.0. The number of rotatable bonds is 4. The highest BCUT2D eigenvalue weighted by Gasteiger charge is 2.51. The highest BCUT2D eigenvalue weighted by molar-refractivity contribution is 8.00. The molecule has 1 N–H and O–H groups in total. The summed E-state index contributed by atoms with van der Waals surface area (Å²) in [4.78, 5) is 14.5. The molecule has 168 valence electrons. The van der Waals surface area contributed by atoms with Gasteiger partial charge >= 0.3 is 0 Å². The number of hydrogen-bond donors (Lipinski definition) is 1. The largest absolute Gasteiger partial charge is 0.347 e. The van der Waals surface area contributed by atoms with Gasteiger partial charge in [0.2, 0.25) is 0 Å². The summed E-state index contributed by atoms with van der Waals surface area (Å²) in [5, 5.41) is 3.42. The van der Waals surface area contributed by atoms with Crippen LogP contribution in [0.15, 0.2) is 58.3 Å². The number of thioether (sulfide) groups is 1. The van der Waals surface area contributed by atoms with Gasteiger partial charge in [0, 0.05) is 28.3 Å². The fourth-order valence-electron chi connectivity index (χ4n) is 6.88. The van der Waals surface area contributed by atoms with Gasteiger partial charge in [-0.2, -0.15) is 0 Å². The van der Waals surface area contributed by atoms with E-state index in [4.69, 9.17) is 0 Å². The van der Waals surface area contributed by atoms with Gasteiger partial charge in [0.25, 0.3) is 15.9 Å². The molecule has 4 aliphatic carbocycles. The first-order valence-corrected chi connectivity index (χ1v) is 14.0. The molecule has 32 heavy (non-hydrogen) atoms. The lowest BCUT2D eigenvalue weighted by Gasteiger charge is -2.56. The fourth-order valence-corrected chi connectivity index (χ4v) is 9.53. The number of carbonyl (C=O) groups excluding carboxylic acids is 1. The molecular formula is C25H28N2O3S2. The summed E-state index contributed by atoms with van der Waals surface area (Å²) in [5.74, 6) is 2.90. The van der Waals surface area contributed by atoms with E-state index in [0.29, 0.717) is 23.5 Å². The second kappa shape index (κ2) is 7.52. The maximum absolute atomic E-state index is 13.4. The van der Waals surface area contributed by atoms with E-state index in [1.807, 2.05) is 18.2 Å². The minimum Gasteiger partial charge on any atom is -0.347 e. The molecule has 0 radical (unpaired) electrons. The quantitative estimate of drug-likeness (QED) is 0.707. The van der Waals surface area contributed by atoms with Crippen LogP contribution < -0.4 is 9.62 Å². The van der Waals surface area contributed by atoms with Crippen LogP contribution in [-0.4, -0.2) is 32.2 Å². The summed E-state index contributed by atoms with van der Waals surface area (Å²) in [6.45, 7) is 0.398. The maximum atomic E-state index is 13.4. The Hall–Kier alpha value is -1.99. The van der Waals surface area contributed by atoms with Gasteiger partial charge in [-0.3, -0.25) is 9.10 Å². The second-order valence-electron chi connectivity index (χ2n) is 10.1. The van der Waals surface area contributed by atoms with Gasteiger partial charge in [-0.1, -0.05) is 18.2 Å².